The molecule has 16 heteroatoms. The van der Waals surface area contributed by atoms with E-state index in [1.54, 1.807) is 24.3 Å². The van der Waals surface area contributed by atoms with Gasteiger partial charge in [0.25, 0.3) is 5.69 Å². The van der Waals surface area contributed by atoms with Crippen LogP contribution in [0.2, 0.25) is 0 Å². The van der Waals surface area contributed by atoms with Crippen LogP contribution in [0.5, 0.6) is 0 Å². The fourth-order valence-corrected chi connectivity index (χ4v) is 7.34. The summed E-state index contributed by atoms with van der Waals surface area (Å²) >= 11 is 4.97. The normalized spacial score (nSPS) is 11.6. The zero-order valence-corrected chi connectivity index (χ0v) is 23.7. The van der Waals surface area contributed by atoms with Crippen molar-refractivity contribution in [2.24, 2.45) is 0 Å². The van der Waals surface area contributed by atoms with Crippen molar-refractivity contribution in [1.29, 1.82) is 0 Å². The molecule has 2 N–H and O–H groups in total. The van der Waals surface area contributed by atoms with E-state index in [1.807, 2.05) is 0 Å². The van der Waals surface area contributed by atoms with Crippen molar-refractivity contribution < 1.29 is 27.7 Å². The molecule has 2 aromatic heterocycles. The SMILES string of the molecule is O=C(CSc1nc2ccc(NC(=O)CSc3nc4ccc([N+](=O)[O-])cc4s3)cc2s1)Nc1cccc(C(F)(F)F)c1. The molecule has 0 bridgehead atoms. The van der Waals surface area contributed by atoms with Gasteiger partial charge in [-0.05, 0) is 42.5 Å². The highest BCUT2D eigenvalue weighted by Crippen LogP contribution is 2.34. The van der Waals surface area contributed by atoms with Crippen molar-refractivity contribution in [3.63, 3.8) is 0 Å². The lowest BCUT2D eigenvalue weighted by Crippen LogP contribution is -2.14. The Labute approximate surface area is 245 Å². The van der Waals surface area contributed by atoms with E-state index in [4.69, 9.17) is 0 Å². The topological polar surface area (TPSA) is 127 Å². The standard InChI is InChI=1S/C25H16F3N5O4S4/c26-25(27,28)13-2-1-3-14(8-13)29-21(34)11-38-23-31-17-6-4-15(9-19(17)40-23)30-22(35)12-39-24-32-18-7-5-16(33(36)37)10-20(18)41-24/h1-10H,11-12H2,(H,29,34)(H,30,35). The van der Waals surface area contributed by atoms with Crippen molar-refractivity contribution in [3.8, 4) is 0 Å². The second-order valence-corrected chi connectivity index (χ2v) is 12.8. The molecule has 41 heavy (non-hydrogen) atoms. The number of thiazole rings is 2. The maximum absolute atomic E-state index is 12.9. The second kappa shape index (κ2) is 12.0. The summed E-state index contributed by atoms with van der Waals surface area (Å²) in [6.45, 7) is 0. The van der Waals surface area contributed by atoms with E-state index >= 15 is 0 Å². The Bertz CT molecular complexity index is 1790. The van der Waals surface area contributed by atoms with Gasteiger partial charge >= 0.3 is 6.18 Å². The predicted molar refractivity (Wildman–Crippen MR) is 156 cm³/mol. The van der Waals surface area contributed by atoms with Gasteiger partial charge < -0.3 is 10.6 Å². The number of alkyl halides is 3. The monoisotopic (exact) mass is 635 g/mol. The van der Waals surface area contributed by atoms with Gasteiger partial charge in [-0.3, -0.25) is 19.7 Å². The lowest BCUT2D eigenvalue weighted by molar-refractivity contribution is -0.384. The molecule has 0 unspecified atom stereocenters. The number of anilines is 2. The molecule has 2 amide bonds. The maximum atomic E-state index is 12.9. The lowest BCUT2D eigenvalue weighted by Gasteiger charge is -2.09. The summed E-state index contributed by atoms with van der Waals surface area (Å²) in [5, 5.41) is 16.2. The number of non-ortho nitro benzene ring substituents is 1. The first-order chi connectivity index (χ1) is 19.5. The number of nitrogens with zero attached hydrogens (tertiary/aromatic N) is 3. The molecule has 0 saturated heterocycles. The van der Waals surface area contributed by atoms with Crippen LogP contribution < -0.4 is 10.6 Å². The van der Waals surface area contributed by atoms with Gasteiger partial charge in [0, 0.05) is 23.5 Å². The first-order valence-corrected chi connectivity index (χ1v) is 15.1. The molecule has 0 aliphatic carbocycles. The molecule has 5 aromatic rings. The van der Waals surface area contributed by atoms with Crippen LogP contribution in [0.4, 0.5) is 30.2 Å². The van der Waals surface area contributed by atoms with Crippen molar-refractivity contribution in [2.75, 3.05) is 22.1 Å². The average molecular weight is 636 g/mol. The third-order valence-electron chi connectivity index (χ3n) is 5.34. The minimum Gasteiger partial charge on any atom is -0.325 e. The van der Waals surface area contributed by atoms with Gasteiger partial charge in [0.15, 0.2) is 8.68 Å². The van der Waals surface area contributed by atoms with E-state index in [0.29, 0.717) is 30.1 Å². The summed E-state index contributed by atoms with van der Waals surface area (Å²) in [6.07, 6.45) is -4.50. The smallest absolute Gasteiger partial charge is 0.325 e. The number of nitro groups is 1. The van der Waals surface area contributed by atoms with Crippen LogP contribution >= 0.6 is 46.2 Å². The summed E-state index contributed by atoms with van der Waals surface area (Å²) in [5.74, 6) is -0.684. The molecule has 3 aromatic carbocycles. The zero-order valence-electron chi connectivity index (χ0n) is 20.4. The largest absolute Gasteiger partial charge is 0.416 e. The first-order valence-electron chi connectivity index (χ1n) is 11.5. The zero-order chi connectivity index (χ0) is 29.1. The molecule has 0 saturated carbocycles. The minimum atomic E-state index is -4.50. The second-order valence-electron chi connectivity index (χ2n) is 8.30. The number of halogens is 3. The maximum Gasteiger partial charge on any atom is 0.416 e. The minimum absolute atomic E-state index is 0.0196. The summed E-state index contributed by atoms with van der Waals surface area (Å²) in [6, 6.07) is 14.0. The van der Waals surface area contributed by atoms with E-state index in [-0.39, 0.29) is 28.8 Å². The Morgan fingerprint density at radius 3 is 1.98 bits per heavy atom. The number of hydrogen-bond acceptors (Lipinski definition) is 10. The molecule has 0 aliphatic rings. The number of benzene rings is 3. The molecule has 9 nitrogen and oxygen atoms in total. The highest BCUT2D eigenvalue weighted by molar-refractivity contribution is 8.02. The molecule has 0 fully saturated rings. The van der Waals surface area contributed by atoms with E-state index in [0.717, 1.165) is 28.6 Å². The Kier molecular flexibility index (Phi) is 8.44. The van der Waals surface area contributed by atoms with Crippen LogP contribution in [0.1, 0.15) is 5.56 Å². The van der Waals surface area contributed by atoms with Gasteiger partial charge in [-0.2, -0.15) is 13.2 Å². The highest BCUT2D eigenvalue weighted by Gasteiger charge is 2.30. The van der Waals surface area contributed by atoms with Crippen molar-refractivity contribution >= 4 is 95.5 Å². The van der Waals surface area contributed by atoms with Crippen molar-refractivity contribution in [1.82, 2.24) is 9.97 Å². The number of fused-ring (bicyclic) bond motifs is 2. The summed E-state index contributed by atoms with van der Waals surface area (Å²) in [5.41, 5.74) is 1.05. The van der Waals surface area contributed by atoms with Crippen LogP contribution in [0.25, 0.3) is 20.4 Å². The molecule has 0 atom stereocenters. The van der Waals surface area contributed by atoms with Gasteiger partial charge in [-0.25, -0.2) is 9.97 Å². The number of aromatic nitrogens is 2. The van der Waals surface area contributed by atoms with Crippen molar-refractivity contribution in [2.45, 2.75) is 14.9 Å². The highest BCUT2D eigenvalue weighted by atomic mass is 32.2. The van der Waals surface area contributed by atoms with Crippen molar-refractivity contribution in [3.05, 3.63) is 76.3 Å². The average Bonchev–Trinajstić information content (AvgIpc) is 3.53. The summed E-state index contributed by atoms with van der Waals surface area (Å²) < 4.78 is 41.3. The molecular weight excluding hydrogens is 620 g/mol. The van der Waals surface area contributed by atoms with Crippen LogP contribution in [-0.2, 0) is 15.8 Å². The Morgan fingerprint density at radius 2 is 1.39 bits per heavy atom. The fraction of sp³-hybridized carbons (Fsp3) is 0.120. The third-order valence-corrected chi connectivity index (χ3v) is 9.67. The number of amides is 2. The molecular formula is C25H16F3N5O4S4. The van der Waals surface area contributed by atoms with Gasteiger partial charge in [-0.1, -0.05) is 29.6 Å². The molecule has 2 heterocycles. The summed E-state index contributed by atoms with van der Waals surface area (Å²) in [4.78, 5) is 44.1. The predicted octanol–water partition coefficient (Wildman–Crippen LogP) is 7.29. The third kappa shape index (κ3) is 7.32. The number of nitro benzene ring substituents is 1. The number of carbonyl (C=O) groups excluding carboxylic acids is 2. The van der Waals surface area contributed by atoms with E-state index in [2.05, 4.69) is 20.6 Å². The molecule has 5 rings (SSSR count). The van der Waals surface area contributed by atoms with Crippen LogP contribution in [-0.4, -0.2) is 38.2 Å². The Morgan fingerprint density at radius 1 is 0.829 bits per heavy atom. The quantitative estimate of drug-likeness (QED) is 0.0982. The van der Waals surface area contributed by atoms with Crippen LogP contribution in [0.3, 0.4) is 0 Å². The van der Waals surface area contributed by atoms with Gasteiger partial charge in [0.2, 0.25) is 11.8 Å². The molecule has 0 aliphatic heterocycles. The Balaban J connectivity index is 1.14. The Hall–Kier alpha value is -3.73. The number of rotatable bonds is 9. The number of carbonyl (C=O) groups is 2. The van der Waals surface area contributed by atoms with Crippen LogP contribution in [0.15, 0.2) is 69.3 Å². The number of thioether (sulfide) groups is 2. The number of hydrogen-bond donors (Lipinski definition) is 2. The molecule has 0 spiro atoms. The lowest BCUT2D eigenvalue weighted by atomic mass is 10.2. The first kappa shape index (κ1) is 28.8. The van der Waals surface area contributed by atoms with Gasteiger partial charge in [-0.15, -0.1) is 22.7 Å². The van der Waals surface area contributed by atoms with E-state index in [1.165, 1.54) is 58.7 Å². The van der Waals surface area contributed by atoms with Gasteiger partial charge in [0.1, 0.15) is 0 Å². The van der Waals surface area contributed by atoms with E-state index in [9.17, 15) is 32.9 Å². The number of nitrogens with one attached hydrogen (secondary N) is 2. The summed E-state index contributed by atoms with van der Waals surface area (Å²) in [7, 11) is 0. The molecule has 0 radical (unpaired) electrons. The molecule has 210 valence electrons. The van der Waals surface area contributed by atoms with Gasteiger partial charge in [0.05, 0.1) is 42.4 Å². The fourth-order valence-electron chi connectivity index (χ4n) is 3.53. The van der Waals surface area contributed by atoms with E-state index < -0.39 is 22.6 Å². The van der Waals surface area contributed by atoms with Crippen LogP contribution in [0, 0.1) is 10.1 Å².